The summed E-state index contributed by atoms with van der Waals surface area (Å²) in [5, 5.41) is 0. The van der Waals surface area contributed by atoms with Crippen molar-refractivity contribution in [1.82, 2.24) is 19.6 Å². The molecular formula is C21H36N4O3. The van der Waals surface area contributed by atoms with E-state index in [-0.39, 0.29) is 23.8 Å². The number of hydrogen-bond donors (Lipinski definition) is 0. The fourth-order valence-corrected chi connectivity index (χ4v) is 4.47. The lowest BCUT2D eigenvalue weighted by atomic mass is 9.94. The second-order valence-electron chi connectivity index (χ2n) is 9.45. The van der Waals surface area contributed by atoms with Crippen LogP contribution in [0.5, 0.6) is 0 Å². The minimum Gasteiger partial charge on any atom is -0.342 e. The van der Waals surface area contributed by atoms with Gasteiger partial charge in [-0.3, -0.25) is 19.3 Å². The highest BCUT2D eigenvalue weighted by Crippen LogP contribution is 2.26. The Morgan fingerprint density at radius 3 is 2.04 bits per heavy atom. The van der Waals surface area contributed by atoms with Crippen LogP contribution in [0.15, 0.2) is 0 Å². The summed E-state index contributed by atoms with van der Waals surface area (Å²) in [7, 11) is 0. The molecule has 0 bridgehead atoms. The van der Waals surface area contributed by atoms with Gasteiger partial charge in [-0.25, -0.2) is 0 Å². The van der Waals surface area contributed by atoms with Gasteiger partial charge < -0.3 is 14.7 Å². The Balaban J connectivity index is 1.49. The highest BCUT2D eigenvalue weighted by molar-refractivity contribution is 5.90. The van der Waals surface area contributed by atoms with Gasteiger partial charge in [0.2, 0.25) is 17.7 Å². The van der Waals surface area contributed by atoms with Crippen molar-refractivity contribution < 1.29 is 14.4 Å². The fraction of sp³-hybridized carbons (Fsp3) is 0.857. The van der Waals surface area contributed by atoms with E-state index in [0.717, 1.165) is 51.9 Å². The Morgan fingerprint density at radius 1 is 0.786 bits per heavy atom. The van der Waals surface area contributed by atoms with Crippen molar-refractivity contribution in [2.45, 2.75) is 58.9 Å². The molecule has 0 N–H and O–H groups in total. The van der Waals surface area contributed by atoms with Crippen molar-refractivity contribution in [3.05, 3.63) is 0 Å². The maximum absolute atomic E-state index is 13.1. The highest BCUT2D eigenvalue weighted by atomic mass is 16.2. The zero-order valence-electron chi connectivity index (χ0n) is 17.8. The maximum Gasteiger partial charge on any atom is 0.245 e. The molecule has 7 heteroatoms. The Bertz CT molecular complexity index is 587. The molecule has 0 radical (unpaired) electrons. The van der Waals surface area contributed by atoms with Crippen LogP contribution in [0.2, 0.25) is 0 Å². The van der Waals surface area contributed by atoms with Crippen LogP contribution in [-0.2, 0) is 14.4 Å². The minimum atomic E-state index is -0.462. The SMILES string of the molecule is CC(C)(C)C(=O)N1CCCC1C(=O)N1CCN(CC(=O)N2CCCCC2)CC1. The number of amides is 3. The van der Waals surface area contributed by atoms with Crippen molar-refractivity contribution in [2.24, 2.45) is 5.41 Å². The lowest BCUT2D eigenvalue weighted by Crippen LogP contribution is -2.56. The lowest BCUT2D eigenvalue weighted by Gasteiger charge is -2.38. The maximum atomic E-state index is 13.1. The summed E-state index contributed by atoms with van der Waals surface area (Å²) in [5.41, 5.74) is -0.462. The molecule has 158 valence electrons. The van der Waals surface area contributed by atoms with Crippen molar-refractivity contribution >= 4 is 17.7 Å². The van der Waals surface area contributed by atoms with Gasteiger partial charge in [0, 0.05) is 51.2 Å². The highest BCUT2D eigenvalue weighted by Gasteiger charge is 2.40. The molecule has 3 fully saturated rings. The third kappa shape index (κ3) is 4.85. The summed E-state index contributed by atoms with van der Waals surface area (Å²) < 4.78 is 0. The molecule has 0 aromatic heterocycles. The number of nitrogens with zero attached hydrogens (tertiary/aromatic N) is 4. The molecule has 7 nitrogen and oxygen atoms in total. The first-order valence-corrected chi connectivity index (χ1v) is 10.9. The van der Waals surface area contributed by atoms with Gasteiger partial charge in [0.05, 0.1) is 6.54 Å². The summed E-state index contributed by atoms with van der Waals surface area (Å²) in [4.78, 5) is 46.0. The molecule has 0 spiro atoms. The van der Waals surface area contributed by atoms with E-state index in [1.807, 2.05) is 30.6 Å². The Kier molecular flexibility index (Phi) is 6.63. The van der Waals surface area contributed by atoms with Crippen LogP contribution in [-0.4, -0.2) is 95.7 Å². The van der Waals surface area contributed by atoms with Gasteiger partial charge in [0.1, 0.15) is 6.04 Å². The van der Waals surface area contributed by atoms with Crippen molar-refractivity contribution in [2.75, 3.05) is 52.4 Å². The first-order chi connectivity index (χ1) is 13.3. The molecular weight excluding hydrogens is 356 g/mol. The summed E-state index contributed by atoms with van der Waals surface area (Å²) in [6.07, 6.45) is 5.09. The van der Waals surface area contributed by atoms with E-state index < -0.39 is 5.41 Å². The van der Waals surface area contributed by atoms with Crippen molar-refractivity contribution in [3.63, 3.8) is 0 Å². The molecule has 0 aromatic carbocycles. The van der Waals surface area contributed by atoms with E-state index in [0.29, 0.717) is 26.2 Å². The van der Waals surface area contributed by atoms with E-state index >= 15 is 0 Å². The number of carbonyl (C=O) groups is 3. The quantitative estimate of drug-likeness (QED) is 0.724. The van der Waals surface area contributed by atoms with E-state index in [1.165, 1.54) is 6.42 Å². The molecule has 3 heterocycles. The average molecular weight is 393 g/mol. The van der Waals surface area contributed by atoms with Crippen LogP contribution in [0.3, 0.4) is 0 Å². The third-order valence-electron chi connectivity index (χ3n) is 6.19. The van der Waals surface area contributed by atoms with Gasteiger partial charge >= 0.3 is 0 Å². The zero-order valence-corrected chi connectivity index (χ0v) is 17.8. The van der Waals surface area contributed by atoms with Gasteiger partial charge in [-0.15, -0.1) is 0 Å². The topological polar surface area (TPSA) is 64.2 Å². The van der Waals surface area contributed by atoms with E-state index in [9.17, 15) is 14.4 Å². The molecule has 3 saturated heterocycles. The number of likely N-dealkylation sites (tertiary alicyclic amines) is 2. The van der Waals surface area contributed by atoms with Crippen molar-refractivity contribution in [3.8, 4) is 0 Å². The van der Waals surface area contributed by atoms with Gasteiger partial charge in [-0.2, -0.15) is 0 Å². The predicted molar refractivity (Wildman–Crippen MR) is 108 cm³/mol. The Hall–Kier alpha value is -1.63. The van der Waals surface area contributed by atoms with Gasteiger partial charge in [-0.1, -0.05) is 20.8 Å². The smallest absolute Gasteiger partial charge is 0.245 e. The minimum absolute atomic E-state index is 0.0640. The van der Waals surface area contributed by atoms with Gasteiger partial charge in [-0.05, 0) is 32.1 Å². The van der Waals surface area contributed by atoms with Crippen LogP contribution in [0.1, 0.15) is 52.9 Å². The molecule has 1 unspecified atom stereocenters. The zero-order chi connectivity index (χ0) is 20.3. The fourth-order valence-electron chi connectivity index (χ4n) is 4.47. The van der Waals surface area contributed by atoms with E-state index in [4.69, 9.17) is 0 Å². The second-order valence-corrected chi connectivity index (χ2v) is 9.45. The monoisotopic (exact) mass is 392 g/mol. The predicted octanol–water partition coefficient (Wildman–Crippen LogP) is 1.18. The molecule has 28 heavy (non-hydrogen) atoms. The number of hydrogen-bond acceptors (Lipinski definition) is 4. The summed E-state index contributed by atoms with van der Waals surface area (Å²) in [6.45, 7) is 11.4. The largest absolute Gasteiger partial charge is 0.342 e. The normalized spacial score (nSPS) is 24.5. The van der Waals surface area contributed by atoms with Gasteiger partial charge in [0.25, 0.3) is 0 Å². The third-order valence-corrected chi connectivity index (χ3v) is 6.19. The summed E-state index contributed by atoms with van der Waals surface area (Å²) >= 11 is 0. The second kappa shape index (κ2) is 8.80. The average Bonchev–Trinajstić information content (AvgIpc) is 3.17. The van der Waals surface area contributed by atoms with E-state index in [1.54, 1.807) is 4.90 Å². The molecule has 1 atom stereocenters. The first-order valence-electron chi connectivity index (χ1n) is 10.9. The number of rotatable bonds is 3. The lowest BCUT2D eigenvalue weighted by molar-refractivity contribution is -0.149. The molecule has 3 rings (SSSR count). The number of carbonyl (C=O) groups excluding carboxylic acids is 3. The Morgan fingerprint density at radius 2 is 1.43 bits per heavy atom. The van der Waals surface area contributed by atoms with Crippen LogP contribution >= 0.6 is 0 Å². The van der Waals surface area contributed by atoms with Crippen LogP contribution in [0.25, 0.3) is 0 Å². The first kappa shape index (κ1) is 21.1. The number of piperazine rings is 1. The standard InChI is InChI=1S/C21H36N4O3/c1-21(2,3)20(28)25-11-7-8-17(25)19(27)24-14-12-22(13-15-24)16-18(26)23-9-5-4-6-10-23/h17H,4-16H2,1-3H3. The van der Waals surface area contributed by atoms with Gasteiger partial charge in [0.15, 0.2) is 0 Å². The number of piperidine rings is 1. The molecule has 3 amide bonds. The molecule has 3 aliphatic rings. The van der Waals surface area contributed by atoms with Crippen LogP contribution < -0.4 is 0 Å². The van der Waals surface area contributed by atoms with Crippen LogP contribution in [0.4, 0.5) is 0 Å². The molecule has 0 saturated carbocycles. The Labute approximate surface area is 169 Å². The summed E-state index contributed by atoms with van der Waals surface area (Å²) in [5.74, 6) is 0.364. The van der Waals surface area contributed by atoms with Crippen molar-refractivity contribution in [1.29, 1.82) is 0 Å². The summed E-state index contributed by atoms with van der Waals surface area (Å²) in [6, 6.07) is -0.312. The molecule has 3 aliphatic heterocycles. The van der Waals surface area contributed by atoms with E-state index in [2.05, 4.69) is 4.90 Å². The molecule has 0 aromatic rings. The molecule has 0 aliphatic carbocycles. The van der Waals surface area contributed by atoms with Crippen LogP contribution in [0, 0.1) is 5.41 Å².